The Morgan fingerprint density at radius 2 is 1.42 bits per heavy atom. The molecule has 4 nitrogen and oxygen atoms in total. The molecular weight excluding hydrogens is 348 g/mol. The molecule has 0 radical (unpaired) electrons. The summed E-state index contributed by atoms with van der Waals surface area (Å²) in [4.78, 5) is 8.41. The molecule has 0 unspecified atom stereocenters. The van der Waals surface area contributed by atoms with E-state index in [1.165, 1.54) is 24.3 Å². The van der Waals surface area contributed by atoms with Gasteiger partial charge in [-0.2, -0.15) is 13.2 Å². The van der Waals surface area contributed by atoms with Gasteiger partial charge in [0.2, 0.25) is 0 Å². The van der Waals surface area contributed by atoms with Gasteiger partial charge in [0.25, 0.3) is 0 Å². The summed E-state index contributed by atoms with van der Waals surface area (Å²) in [6.45, 7) is 1.68. The molecule has 0 saturated carbocycles. The van der Waals surface area contributed by atoms with E-state index in [0.29, 0.717) is 28.8 Å². The Kier molecular flexibility index (Phi) is 4.75. The van der Waals surface area contributed by atoms with E-state index < -0.39 is 11.7 Å². The topological polar surface area (TPSA) is 49.8 Å². The highest BCUT2D eigenvalue weighted by Gasteiger charge is 2.29. The lowest BCUT2D eigenvalue weighted by molar-refractivity contribution is -0.137. The van der Waals surface area contributed by atoms with Gasteiger partial charge in [-0.25, -0.2) is 14.4 Å². The molecule has 26 heavy (non-hydrogen) atoms. The van der Waals surface area contributed by atoms with Crippen LogP contribution in [0, 0.1) is 12.7 Å². The number of rotatable bonds is 4. The normalized spacial score (nSPS) is 11.3. The highest BCUT2D eigenvalue weighted by Crippen LogP contribution is 2.30. The van der Waals surface area contributed by atoms with Gasteiger partial charge in [0.15, 0.2) is 0 Å². The lowest BCUT2D eigenvalue weighted by Gasteiger charge is -2.11. The molecule has 0 aliphatic heterocycles. The molecule has 0 aliphatic carbocycles. The minimum absolute atomic E-state index is 0.385. The quantitative estimate of drug-likeness (QED) is 0.608. The number of alkyl halides is 3. The minimum Gasteiger partial charge on any atom is -0.340 e. The molecule has 0 atom stereocenters. The fraction of sp³-hybridized carbons (Fsp3) is 0.111. The lowest BCUT2D eigenvalue weighted by atomic mass is 10.2. The van der Waals surface area contributed by atoms with Crippen molar-refractivity contribution in [2.75, 3.05) is 10.6 Å². The summed E-state index contributed by atoms with van der Waals surface area (Å²) in [5, 5.41) is 5.89. The predicted molar refractivity (Wildman–Crippen MR) is 91.2 cm³/mol. The fourth-order valence-corrected chi connectivity index (χ4v) is 2.30. The molecule has 0 spiro atoms. The summed E-state index contributed by atoms with van der Waals surface area (Å²) in [5.74, 6) is 0.887. The molecule has 1 heterocycles. The summed E-state index contributed by atoms with van der Waals surface area (Å²) in [6, 6.07) is 12.1. The van der Waals surface area contributed by atoms with Crippen LogP contribution in [0.1, 0.15) is 11.4 Å². The van der Waals surface area contributed by atoms with Gasteiger partial charge in [-0.1, -0.05) is 6.07 Å². The zero-order valence-electron chi connectivity index (χ0n) is 13.6. The molecule has 0 fully saturated rings. The van der Waals surface area contributed by atoms with Crippen LogP contribution in [0.15, 0.2) is 54.6 Å². The molecule has 2 aromatic carbocycles. The Labute approximate surface area is 146 Å². The SMILES string of the molecule is Cc1nc(Nc2ccc(C(F)(F)F)cc2)cc(Nc2cccc(F)c2)n1. The van der Waals surface area contributed by atoms with Crippen molar-refractivity contribution in [3.63, 3.8) is 0 Å². The van der Waals surface area contributed by atoms with E-state index in [-0.39, 0.29) is 5.82 Å². The van der Waals surface area contributed by atoms with E-state index >= 15 is 0 Å². The van der Waals surface area contributed by atoms with Crippen LogP contribution >= 0.6 is 0 Å². The molecule has 3 aromatic rings. The van der Waals surface area contributed by atoms with Gasteiger partial charge in [0.05, 0.1) is 5.56 Å². The first-order valence-electron chi connectivity index (χ1n) is 7.62. The first-order chi connectivity index (χ1) is 12.3. The Hall–Kier alpha value is -3.16. The highest BCUT2D eigenvalue weighted by atomic mass is 19.4. The second-order valence-electron chi connectivity index (χ2n) is 5.52. The highest BCUT2D eigenvalue weighted by molar-refractivity contribution is 5.63. The summed E-state index contributed by atoms with van der Waals surface area (Å²) in [5.41, 5.74) is 0.242. The first kappa shape index (κ1) is 17.7. The first-order valence-corrected chi connectivity index (χ1v) is 7.62. The average Bonchev–Trinajstić information content (AvgIpc) is 2.54. The third-order valence-corrected chi connectivity index (χ3v) is 3.42. The standard InChI is InChI=1S/C18H14F4N4/c1-11-23-16(25-14-7-5-12(6-8-14)18(20,21)22)10-17(24-11)26-15-4-2-3-13(19)9-15/h2-10H,1H3,(H2,23,24,25,26). The summed E-state index contributed by atoms with van der Waals surface area (Å²) in [7, 11) is 0. The third-order valence-electron chi connectivity index (χ3n) is 3.42. The molecular formula is C18H14F4N4. The fourth-order valence-electron chi connectivity index (χ4n) is 2.30. The van der Waals surface area contributed by atoms with E-state index in [1.807, 2.05) is 0 Å². The Balaban J connectivity index is 1.79. The van der Waals surface area contributed by atoms with E-state index in [0.717, 1.165) is 12.1 Å². The monoisotopic (exact) mass is 362 g/mol. The van der Waals surface area contributed by atoms with Crippen LogP contribution < -0.4 is 10.6 Å². The van der Waals surface area contributed by atoms with Crippen molar-refractivity contribution >= 4 is 23.0 Å². The van der Waals surface area contributed by atoms with E-state index in [1.54, 1.807) is 25.1 Å². The number of nitrogens with one attached hydrogen (secondary N) is 2. The van der Waals surface area contributed by atoms with E-state index in [2.05, 4.69) is 20.6 Å². The summed E-state index contributed by atoms with van der Waals surface area (Å²) < 4.78 is 51.1. The zero-order valence-corrected chi connectivity index (χ0v) is 13.6. The van der Waals surface area contributed by atoms with Crippen molar-refractivity contribution in [1.29, 1.82) is 0 Å². The second kappa shape index (κ2) is 6.99. The van der Waals surface area contributed by atoms with Crippen molar-refractivity contribution in [2.45, 2.75) is 13.1 Å². The lowest BCUT2D eigenvalue weighted by Crippen LogP contribution is -2.05. The number of hydrogen-bond acceptors (Lipinski definition) is 4. The van der Waals surface area contributed by atoms with Gasteiger partial charge in [-0.3, -0.25) is 0 Å². The van der Waals surface area contributed by atoms with Gasteiger partial charge in [0.1, 0.15) is 23.3 Å². The molecule has 0 aliphatic rings. The van der Waals surface area contributed by atoms with Crippen molar-refractivity contribution in [1.82, 2.24) is 9.97 Å². The van der Waals surface area contributed by atoms with Crippen molar-refractivity contribution in [3.8, 4) is 0 Å². The van der Waals surface area contributed by atoms with Gasteiger partial charge >= 0.3 is 6.18 Å². The summed E-state index contributed by atoms with van der Waals surface area (Å²) >= 11 is 0. The maximum absolute atomic E-state index is 13.3. The number of halogens is 4. The van der Waals surface area contributed by atoms with Crippen molar-refractivity contribution in [2.24, 2.45) is 0 Å². The molecule has 0 amide bonds. The van der Waals surface area contributed by atoms with Crippen molar-refractivity contribution in [3.05, 3.63) is 71.8 Å². The van der Waals surface area contributed by atoms with Gasteiger partial charge in [-0.05, 0) is 49.4 Å². The predicted octanol–water partition coefficient (Wildman–Crippen LogP) is 5.43. The largest absolute Gasteiger partial charge is 0.416 e. The van der Waals surface area contributed by atoms with Crippen LogP contribution in [0.4, 0.5) is 40.6 Å². The second-order valence-corrected chi connectivity index (χ2v) is 5.52. The molecule has 3 rings (SSSR count). The maximum atomic E-state index is 13.3. The Morgan fingerprint density at radius 1 is 0.808 bits per heavy atom. The molecule has 0 saturated heterocycles. The number of anilines is 4. The van der Waals surface area contributed by atoms with Gasteiger partial charge < -0.3 is 10.6 Å². The molecule has 8 heteroatoms. The van der Waals surface area contributed by atoms with Crippen LogP contribution in [0.5, 0.6) is 0 Å². The molecule has 134 valence electrons. The Morgan fingerprint density at radius 3 is 2.00 bits per heavy atom. The minimum atomic E-state index is -4.38. The molecule has 0 bridgehead atoms. The maximum Gasteiger partial charge on any atom is 0.416 e. The zero-order chi connectivity index (χ0) is 18.7. The van der Waals surface area contributed by atoms with Gasteiger partial charge in [0, 0.05) is 17.4 Å². The average molecular weight is 362 g/mol. The van der Waals surface area contributed by atoms with Crippen LogP contribution in [-0.2, 0) is 6.18 Å². The van der Waals surface area contributed by atoms with E-state index in [9.17, 15) is 17.6 Å². The number of aromatic nitrogens is 2. The third kappa shape index (κ3) is 4.47. The van der Waals surface area contributed by atoms with Crippen LogP contribution in [0.2, 0.25) is 0 Å². The summed E-state index contributed by atoms with van der Waals surface area (Å²) in [6.07, 6.45) is -4.38. The smallest absolute Gasteiger partial charge is 0.340 e. The van der Waals surface area contributed by atoms with E-state index in [4.69, 9.17) is 0 Å². The van der Waals surface area contributed by atoms with Gasteiger partial charge in [-0.15, -0.1) is 0 Å². The Bertz CT molecular complexity index is 908. The van der Waals surface area contributed by atoms with Crippen LogP contribution in [0.25, 0.3) is 0 Å². The number of nitrogens with zero attached hydrogens (tertiary/aromatic N) is 2. The number of hydrogen-bond donors (Lipinski definition) is 2. The molecule has 2 N–H and O–H groups in total. The van der Waals surface area contributed by atoms with Crippen LogP contribution in [0.3, 0.4) is 0 Å². The number of aryl methyl sites for hydroxylation is 1. The van der Waals surface area contributed by atoms with Crippen LogP contribution in [-0.4, -0.2) is 9.97 Å². The molecule has 1 aromatic heterocycles. The van der Waals surface area contributed by atoms with Crippen molar-refractivity contribution < 1.29 is 17.6 Å². The number of benzene rings is 2.